The largest absolute Gasteiger partial charge is 0.346 e. The third-order valence-corrected chi connectivity index (χ3v) is 3.11. The summed E-state index contributed by atoms with van der Waals surface area (Å²) < 4.78 is 12.8. The molecule has 3 rings (SSSR count). The maximum Gasteiger partial charge on any atom is 0.138 e. The first-order valence-electron chi connectivity index (χ1n) is 5.63. The van der Waals surface area contributed by atoms with Crippen LogP contribution in [-0.4, -0.2) is 9.97 Å². The monoisotopic (exact) mass is 270 g/mol. The number of aromatic nitrogens is 2. The fourth-order valence-corrected chi connectivity index (χ4v) is 1.98. The molecule has 0 aliphatic heterocycles. The minimum absolute atomic E-state index is 0.279. The van der Waals surface area contributed by atoms with Gasteiger partial charge in [0.25, 0.3) is 0 Å². The third kappa shape index (κ3) is 2.31. The van der Waals surface area contributed by atoms with E-state index in [-0.39, 0.29) is 5.82 Å². The molecule has 2 heterocycles. The van der Waals surface area contributed by atoms with Crippen LogP contribution in [0.4, 0.5) is 4.39 Å². The van der Waals surface area contributed by atoms with Gasteiger partial charge in [0.1, 0.15) is 11.5 Å². The van der Waals surface area contributed by atoms with Crippen molar-refractivity contribution in [3.8, 4) is 11.8 Å². The molecule has 2 nitrogen and oxygen atoms in total. The van der Waals surface area contributed by atoms with Crippen LogP contribution in [-0.2, 0) is 0 Å². The molecule has 0 saturated carbocycles. The van der Waals surface area contributed by atoms with Crippen molar-refractivity contribution in [2.24, 2.45) is 0 Å². The highest BCUT2D eigenvalue weighted by molar-refractivity contribution is 6.36. The van der Waals surface area contributed by atoms with Crippen LogP contribution in [0.3, 0.4) is 0 Å². The molecular weight excluding hydrogens is 263 g/mol. The molecule has 0 amide bonds. The Morgan fingerprint density at radius 3 is 2.68 bits per heavy atom. The van der Waals surface area contributed by atoms with Crippen molar-refractivity contribution < 1.29 is 4.39 Å². The van der Waals surface area contributed by atoms with E-state index in [4.69, 9.17) is 11.6 Å². The Balaban J connectivity index is 2.02. The number of H-pyrrole nitrogens is 1. The molecule has 19 heavy (non-hydrogen) atoms. The van der Waals surface area contributed by atoms with E-state index in [1.165, 1.54) is 12.1 Å². The van der Waals surface area contributed by atoms with Gasteiger partial charge in [-0.05, 0) is 30.3 Å². The molecular formula is C15H8ClFN2. The second kappa shape index (κ2) is 4.75. The number of hydrogen-bond donors (Lipinski definition) is 1. The van der Waals surface area contributed by atoms with E-state index in [0.717, 1.165) is 16.6 Å². The van der Waals surface area contributed by atoms with Crippen LogP contribution >= 0.6 is 11.6 Å². The van der Waals surface area contributed by atoms with Crippen LogP contribution in [0.2, 0.25) is 5.02 Å². The molecule has 92 valence electrons. The number of fused-ring (bicyclic) bond motifs is 1. The summed E-state index contributed by atoms with van der Waals surface area (Å²) in [7, 11) is 0. The molecule has 0 radical (unpaired) electrons. The maximum absolute atomic E-state index is 12.8. The highest BCUT2D eigenvalue weighted by Gasteiger charge is 2.05. The lowest BCUT2D eigenvalue weighted by atomic mass is 10.2. The fraction of sp³-hybridized carbons (Fsp3) is 0. The summed E-state index contributed by atoms with van der Waals surface area (Å²) in [4.78, 5) is 7.21. The van der Waals surface area contributed by atoms with E-state index >= 15 is 0 Å². The van der Waals surface area contributed by atoms with Crippen molar-refractivity contribution in [2.45, 2.75) is 0 Å². The summed E-state index contributed by atoms with van der Waals surface area (Å²) in [6.45, 7) is 0. The first-order chi connectivity index (χ1) is 9.24. The number of benzene rings is 1. The summed E-state index contributed by atoms with van der Waals surface area (Å²) >= 11 is 6.25. The molecule has 1 N–H and O–H groups in total. The normalized spacial score (nSPS) is 10.2. The van der Waals surface area contributed by atoms with E-state index in [0.29, 0.717) is 10.6 Å². The molecule has 3 aromatic rings. The number of hydrogen-bond acceptors (Lipinski definition) is 1. The van der Waals surface area contributed by atoms with Gasteiger partial charge in [0.2, 0.25) is 0 Å². The third-order valence-electron chi connectivity index (χ3n) is 2.71. The zero-order chi connectivity index (χ0) is 13.2. The molecule has 0 aliphatic rings. The zero-order valence-corrected chi connectivity index (χ0v) is 10.5. The summed E-state index contributed by atoms with van der Waals surface area (Å²) in [6, 6.07) is 7.85. The second-order valence-corrected chi connectivity index (χ2v) is 4.36. The maximum atomic E-state index is 12.8. The average Bonchev–Trinajstić information content (AvgIpc) is 2.89. The summed E-state index contributed by atoms with van der Waals surface area (Å²) in [6.07, 6.45) is 3.40. The second-order valence-electron chi connectivity index (χ2n) is 3.98. The zero-order valence-electron chi connectivity index (χ0n) is 9.74. The molecule has 2 aromatic heterocycles. The van der Waals surface area contributed by atoms with Gasteiger partial charge in [-0.2, -0.15) is 0 Å². The van der Waals surface area contributed by atoms with Crippen LogP contribution in [0.25, 0.3) is 11.0 Å². The Morgan fingerprint density at radius 1 is 1.11 bits per heavy atom. The van der Waals surface area contributed by atoms with E-state index < -0.39 is 0 Å². The molecule has 0 spiro atoms. The van der Waals surface area contributed by atoms with Gasteiger partial charge < -0.3 is 4.98 Å². The Morgan fingerprint density at radius 2 is 1.89 bits per heavy atom. The molecule has 0 aliphatic carbocycles. The predicted octanol–water partition coefficient (Wildman–Crippen LogP) is 3.76. The van der Waals surface area contributed by atoms with Gasteiger partial charge >= 0.3 is 0 Å². The van der Waals surface area contributed by atoms with Crippen LogP contribution < -0.4 is 0 Å². The number of halogens is 2. The molecule has 0 fully saturated rings. The lowest BCUT2D eigenvalue weighted by Crippen LogP contribution is -1.83. The van der Waals surface area contributed by atoms with Crippen LogP contribution in [0.1, 0.15) is 11.1 Å². The fourth-order valence-electron chi connectivity index (χ4n) is 1.74. The van der Waals surface area contributed by atoms with Gasteiger partial charge in [-0.3, -0.25) is 0 Å². The van der Waals surface area contributed by atoms with Gasteiger partial charge in [-0.1, -0.05) is 23.4 Å². The van der Waals surface area contributed by atoms with E-state index in [9.17, 15) is 4.39 Å². The molecule has 0 saturated heterocycles. The van der Waals surface area contributed by atoms with Crippen LogP contribution in [0, 0.1) is 17.7 Å². The van der Waals surface area contributed by atoms with Gasteiger partial charge in [0.15, 0.2) is 0 Å². The van der Waals surface area contributed by atoms with Crippen LogP contribution in [0.5, 0.6) is 0 Å². The minimum atomic E-state index is -0.279. The van der Waals surface area contributed by atoms with Crippen molar-refractivity contribution in [3.05, 3.63) is 64.7 Å². The van der Waals surface area contributed by atoms with Crippen molar-refractivity contribution >= 4 is 22.6 Å². The van der Waals surface area contributed by atoms with Crippen molar-refractivity contribution in [2.75, 3.05) is 0 Å². The van der Waals surface area contributed by atoms with E-state index in [2.05, 4.69) is 21.8 Å². The molecule has 4 heteroatoms. The van der Waals surface area contributed by atoms with Gasteiger partial charge in [0.05, 0.1) is 10.6 Å². The quantitative estimate of drug-likeness (QED) is 0.619. The summed E-state index contributed by atoms with van der Waals surface area (Å²) in [5.74, 6) is 5.61. The Bertz CT molecular complexity index is 794. The molecule has 0 unspecified atom stereocenters. The predicted molar refractivity (Wildman–Crippen MR) is 73.5 cm³/mol. The lowest BCUT2D eigenvalue weighted by molar-refractivity contribution is 0.627. The number of aromatic amines is 1. The highest BCUT2D eigenvalue weighted by atomic mass is 35.5. The van der Waals surface area contributed by atoms with E-state index in [1.807, 2.05) is 6.07 Å². The van der Waals surface area contributed by atoms with Gasteiger partial charge in [-0.15, -0.1) is 0 Å². The number of nitrogens with one attached hydrogen (secondary N) is 1. The molecule has 0 bridgehead atoms. The Kier molecular flexibility index (Phi) is 2.94. The van der Waals surface area contributed by atoms with Crippen molar-refractivity contribution in [3.63, 3.8) is 0 Å². The first-order valence-corrected chi connectivity index (χ1v) is 6.01. The van der Waals surface area contributed by atoms with Crippen molar-refractivity contribution in [1.29, 1.82) is 0 Å². The SMILES string of the molecule is Fc1ccc(C#Cc2cnc3[nH]ccc3c2Cl)cc1. The number of pyridine rings is 1. The molecule has 1 aromatic carbocycles. The van der Waals surface area contributed by atoms with Crippen molar-refractivity contribution in [1.82, 2.24) is 9.97 Å². The summed E-state index contributed by atoms with van der Waals surface area (Å²) in [5, 5.41) is 1.41. The number of nitrogens with zero attached hydrogens (tertiary/aromatic N) is 1. The first kappa shape index (κ1) is 11.8. The highest BCUT2D eigenvalue weighted by Crippen LogP contribution is 2.24. The molecule has 0 atom stereocenters. The Hall–Kier alpha value is -2.31. The smallest absolute Gasteiger partial charge is 0.138 e. The summed E-state index contributed by atoms with van der Waals surface area (Å²) in [5.41, 5.74) is 2.11. The topological polar surface area (TPSA) is 28.7 Å². The van der Waals surface area contributed by atoms with E-state index in [1.54, 1.807) is 24.5 Å². The Labute approximate surface area is 114 Å². The average molecular weight is 271 g/mol. The standard InChI is InChI=1S/C15H8ClFN2/c16-14-11(9-19-15-13(14)7-8-18-15)4-1-10-2-5-12(17)6-3-10/h2-3,5-9H,(H,18,19). The van der Waals surface area contributed by atoms with Crippen LogP contribution in [0.15, 0.2) is 42.7 Å². The van der Waals surface area contributed by atoms with Gasteiger partial charge in [-0.25, -0.2) is 9.37 Å². The number of rotatable bonds is 0. The van der Waals surface area contributed by atoms with Gasteiger partial charge in [0, 0.05) is 23.3 Å². The minimum Gasteiger partial charge on any atom is -0.346 e. The lowest BCUT2D eigenvalue weighted by Gasteiger charge is -1.97.